The van der Waals surface area contributed by atoms with Crippen LogP contribution in [0.3, 0.4) is 0 Å². The van der Waals surface area contributed by atoms with E-state index < -0.39 is 11.5 Å². The van der Waals surface area contributed by atoms with Gasteiger partial charge in [-0.05, 0) is 43.5 Å². The Morgan fingerprint density at radius 3 is 2.26 bits per heavy atom. The molecule has 0 aliphatic rings. The number of aliphatic carboxylic acids is 1. The fourth-order valence-corrected chi connectivity index (χ4v) is 2.55. The Morgan fingerprint density at radius 1 is 1.26 bits per heavy atom. The summed E-state index contributed by atoms with van der Waals surface area (Å²) < 4.78 is 0.798. The van der Waals surface area contributed by atoms with Gasteiger partial charge in [0.2, 0.25) is 0 Å². The number of nitrogens with one attached hydrogen (secondary N) is 1. The number of carboxylic acids is 1. The third kappa shape index (κ3) is 3.56. The molecule has 1 aromatic rings. The van der Waals surface area contributed by atoms with E-state index in [4.69, 9.17) is 0 Å². The van der Waals surface area contributed by atoms with E-state index in [2.05, 4.69) is 21.2 Å². The highest BCUT2D eigenvalue weighted by Gasteiger charge is 2.36. The molecule has 1 amide bonds. The Morgan fingerprint density at radius 2 is 1.84 bits per heavy atom. The lowest BCUT2D eigenvalue weighted by Gasteiger charge is -2.28. The molecule has 1 aromatic carbocycles. The monoisotopic (exact) mass is 327 g/mol. The van der Waals surface area contributed by atoms with Gasteiger partial charge in [-0.2, -0.15) is 0 Å². The standard InChI is InChI=1S/C14H18BrNO3/c1-4-14(5-2,13(18)19)16-12(17)10-6-9(3)7-11(15)8-10/h6-8H,4-5H2,1-3H3,(H,16,17)(H,18,19). The van der Waals surface area contributed by atoms with E-state index in [9.17, 15) is 14.7 Å². The van der Waals surface area contributed by atoms with Crippen LogP contribution >= 0.6 is 15.9 Å². The zero-order valence-corrected chi connectivity index (χ0v) is 12.9. The van der Waals surface area contributed by atoms with Gasteiger partial charge in [-0.25, -0.2) is 4.79 Å². The first-order valence-electron chi connectivity index (χ1n) is 6.17. The second-order valence-electron chi connectivity index (χ2n) is 4.57. The molecular weight excluding hydrogens is 310 g/mol. The number of carboxylic acid groups (broad SMARTS) is 1. The minimum absolute atomic E-state index is 0.345. The number of rotatable bonds is 5. The number of aryl methyl sites for hydroxylation is 1. The van der Waals surface area contributed by atoms with Gasteiger partial charge in [0.05, 0.1) is 0 Å². The Bertz CT molecular complexity index is 475. The van der Waals surface area contributed by atoms with Crippen molar-refractivity contribution in [3.05, 3.63) is 33.8 Å². The molecule has 0 spiro atoms. The van der Waals surface area contributed by atoms with Crippen LogP contribution in [0.15, 0.2) is 22.7 Å². The van der Waals surface area contributed by atoms with Crippen molar-refractivity contribution in [2.45, 2.75) is 39.2 Å². The van der Waals surface area contributed by atoms with Gasteiger partial charge in [0, 0.05) is 10.0 Å². The fraction of sp³-hybridized carbons (Fsp3) is 0.429. The third-order valence-corrected chi connectivity index (χ3v) is 3.73. The van der Waals surface area contributed by atoms with Crippen molar-refractivity contribution in [2.75, 3.05) is 0 Å². The van der Waals surface area contributed by atoms with Gasteiger partial charge in [-0.15, -0.1) is 0 Å². The van der Waals surface area contributed by atoms with Crippen LogP contribution in [0.5, 0.6) is 0 Å². The molecule has 0 unspecified atom stereocenters. The Balaban J connectivity index is 3.03. The zero-order valence-electron chi connectivity index (χ0n) is 11.3. The number of halogens is 1. The van der Waals surface area contributed by atoms with E-state index in [1.54, 1.807) is 26.0 Å². The van der Waals surface area contributed by atoms with Crippen LogP contribution in [0, 0.1) is 6.92 Å². The molecule has 0 saturated heterocycles. The summed E-state index contributed by atoms with van der Waals surface area (Å²) in [6, 6.07) is 5.30. The summed E-state index contributed by atoms with van der Waals surface area (Å²) in [5.41, 5.74) is 0.195. The predicted octanol–water partition coefficient (Wildman–Crippen LogP) is 3.13. The summed E-state index contributed by atoms with van der Waals surface area (Å²) in [4.78, 5) is 23.6. The van der Waals surface area contributed by atoms with Gasteiger partial charge in [-0.3, -0.25) is 4.79 Å². The lowest BCUT2D eigenvalue weighted by atomic mass is 9.92. The smallest absolute Gasteiger partial charge is 0.329 e. The molecule has 0 heterocycles. The summed E-state index contributed by atoms with van der Waals surface area (Å²) in [6.07, 6.45) is 0.690. The second-order valence-corrected chi connectivity index (χ2v) is 5.48. The van der Waals surface area contributed by atoms with E-state index in [0.29, 0.717) is 18.4 Å². The van der Waals surface area contributed by atoms with Crippen molar-refractivity contribution < 1.29 is 14.7 Å². The highest BCUT2D eigenvalue weighted by molar-refractivity contribution is 9.10. The molecule has 0 aliphatic heterocycles. The maximum Gasteiger partial charge on any atom is 0.329 e. The number of carbonyl (C=O) groups is 2. The van der Waals surface area contributed by atoms with Crippen LogP contribution in [0.2, 0.25) is 0 Å². The largest absolute Gasteiger partial charge is 0.480 e. The lowest BCUT2D eigenvalue weighted by Crippen LogP contribution is -2.53. The lowest BCUT2D eigenvalue weighted by molar-refractivity contribution is -0.144. The van der Waals surface area contributed by atoms with Crippen molar-refractivity contribution in [3.63, 3.8) is 0 Å². The maximum absolute atomic E-state index is 12.2. The van der Waals surface area contributed by atoms with E-state index in [-0.39, 0.29) is 5.91 Å². The van der Waals surface area contributed by atoms with Gasteiger partial charge >= 0.3 is 5.97 Å². The topological polar surface area (TPSA) is 66.4 Å². The van der Waals surface area contributed by atoms with Crippen LogP contribution in [0.4, 0.5) is 0 Å². The number of hydrogen-bond donors (Lipinski definition) is 2. The molecule has 0 radical (unpaired) electrons. The van der Waals surface area contributed by atoms with Crippen molar-refractivity contribution in [1.29, 1.82) is 0 Å². The minimum atomic E-state index is -1.20. The predicted molar refractivity (Wildman–Crippen MR) is 77.3 cm³/mol. The van der Waals surface area contributed by atoms with Crippen molar-refractivity contribution >= 4 is 27.8 Å². The van der Waals surface area contributed by atoms with E-state index in [1.165, 1.54) is 0 Å². The van der Waals surface area contributed by atoms with Crippen LogP contribution in [-0.2, 0) is 4.79 Å². The zero-order chi connectivity index (χ0) is 14.6. The summed E-state index contributed by atoms with van der Waals surface area (Å²) in [5, 5.41) is 11.9. The molecule has 104 valence electrons. The van der Waals surface area contributed by atoms with Gasteiger partial charge in [0.1, 0.15) is 5.54 Å². The molecule has 0 aliphatic carbocycles. The number of amides is 1. The average molecular weight is 328 g/mol. The third-order valence-electron chi connectivity index (χ3n) is 3.27. The Labute approximate surface area is 121 Å². The Hall–Kier alpha value is -1.36. The molecule has 2 N–H and O–H groups in total. The number of benzene rings is 1. The number of hydrogen-bond acceptors (Lipinski definition) is 2. The summed E-state index contributed by atoms with van der Waals surface area (Å²) in [5.74, 6) is -1.37. The normalized spacial score (nSPS) is 11.2. The van der Waals surface area contributed by atoms with Crippen molar-refractivity contribution in [3.8, 4) is 0 Å². The summed E-state index contributed by atoms with van der Waals surface area (Å²) in [6.45, 7) is 5.39. The van der Waals surface area contributed by atoms with Gasteiger partial charge in [0.15, 0.2) is 0 Å². The molecule has 5 heteroatoms. The van der Waals surface area contributed by atoms with Crippen LogP contribution in [-0.4, -0.2) is 22.5 Å². The Kier molecular flexibility index (Phi) is 5.11. The van der Waals surface area contributed by atoms with Gasteiger partial charge < -0.3 is 10.4 Å². The first-order chi connectivity index (χ1) is 8.84. The maximum atomic E-state index is 12.2. The summed E-state index contributed by atoms with van der Waals surface area (Å²) in [7, 11) is 0. The van der Waals surface area contributed by atoms with Crippen LogP contribution in [0.25, 0.3) is 0 Å². The van der Waals surface area contributed by atoms with Crippen LogP contribution in [0.1, 0.15) is 42.6 Å². The molecule has 1 rings (SSSR count). The minimum Gasteiger partial charge on any atom is -0.480 e. The van der Waals surface area contributed by atoms with E-state index in [1.807, 2.05) is 13.0 Å². The van der Waals surface area contributed by atoms with E-state index in [0.717, 1.165) is 10.0 Å². The molecule has 0 fully saturated rings. The SMILES string of the molecule is CCC(CC)(NC(=O)c1cc(C)cc(Br)c1)C(=O)O. The first kappa shape index (κ1) is 15.7. The second kappa shape index (κ2) is 6.19. The van der Waals surface area contributed by atoms with Gasteiger partial charge in [0.25, 0.3) is 5.91 Å². The van der Waals surface area contributed by atoms with Crippen molar-refractivity contribution in [1.82, 2.24) is 5.32 Å². The average Bonchev–Trinajstić information content (AvgIpc) is 2.34. The first-order valence-corrected chi connectivity index (χ1v) is 6.97. The quantitative estimate of drug-likeness (QED) is 0.873. The summed E-state index contributed by atoms with van der Waals surface area (Å²) >= 11 is 3.33. The molecule has 0 aromatic heterocycles. The molecule has 19 heavy (non-hydrogen) atoms. The molecular formula is C14H18BrNO3. The molecule has 4 nitrogen and oxygen atoms in total. The molecule has 0 atom stereocenters. The van der Waals surface area contributed by atoms with E-state index >= 15 is 0 Å². The van der Waals surface area contributed by atoms with Gasteiger partial charge in [-0.1, -0.05) is 29.8 Å². The molecule has 0 bridgehead atoms. The fourth-order valence-electron chi connectivity index (χ4n) is 1.94. The van der Waals surface area contributed by atoms with Crippen molar-refractivity contribution in [2.24, 2.45) is 0 Å². The molecule has 0 saturated carbocycles. The highest BCUT2D eigenvalue weighted by atomic mass is 79.9. The van der Waals surface area contributed by atoms with Crippen LogP contribution < -0.4 is 5.32 Å². The number of carbonyl (C=O) groups excluding carboxylic acids is 1. The highest BCUT2D eigenvalue weighted by Crippen LogP contribution is 2.19.